The summed E-state index contributed by atoms with van der Waals surface area (Å²) in [6.45, 7) is 12.5. The Balaban J connectivity index is 1.15. The summed E-state index contributed by atoms with van der Waals surface area (Å²) in [5, 5.41) is 0. The number of rotatable bonds is 13. The van der Waals surface area contributed by atoms with Crippen molar-refractivity contribution in [1.29, 1.82) is 0 Å². The summed E-state index contributed by atoms with van der Waals surface area (Å²) in [7, 11) is 0. The normalized spacial score (nSPS) is 19.2. The smallest absolute Gasteiger partial charge is 0.333 e. The van der Waals surface area contributed by atoms with Crippen molar-refractivity contribution < 1.29 is 28.1 Å². The molecule has 4 rings (SSSR count). The van der Waals surface area contributed by atoms with Gasteiger partial charge >= 0.3 is 5.97 Å². The molecule has 2 fully saturated rings. The fourth-order valence-electron chi connectivity index (χ4n) is 4.53. The van der Waals surface area contributed by atoms with Crippen molar-refractivity contribution >= 4 is 5.97 Å². The Bertz CT molecular complexity index is 1100. The van der Waals surface area contributed by atoms with Crippen LogP contribution in [0.25, 0.3) is 11.1 Å². The maximum absolute atomic E-state index is 14.6. The van der Waals surface area contributed by atoms with E-state index in [9.17, 15) is 9.18 Å². The van der Waals surface area contributed by atoms with E-state index in [1.54, 1.807) is 6.07 Å². The Labute approximate surface area is 218 Å². The maximum atomic E-state index is 14.6. The van der Waals surface area contributed by atoms with E-state index < -0.39 is 0 Å². The fourth-order valence-corrected chi connectivity index (χ4v) is 4.53. The number of unbranched alkanes of at least 4 members (excludes halogenated alkanes) is 2. The van der Waals surface area contributed by atoms with Gasteiger partial charge in [-0.3, -0.25) is 0 Å². The van der Waals surface area contributed by atoms with Crippen LogP contribution in [0.4, 0.5) is 4.39 Å². The minimum Gasteiger partial charge on any atom is -0.494 e. The standard InChI is InChI=1S/C31H35FO5/c1-21-18-27(36-23(21)3)8-5-7-17-35-30-15-12-25(20-29(30)32)24-10-13-26(14-11-24)34-16-6-4-9-28-19-22(2)31(33)37-28/h10-15,20,27-28H,1-9,16-19H2. The number of cyclic esters (lactones) is 1. The lowest BCUT2D eigenvalue weighted by atomic mass is 10.1. The summed E-state index contributed by atoms with van der Waals surface area (Å²) in [5.41, 5.74) is 3.21. The molecule has 2 aromatic rings. The molecule has 2 saturated heterocycles. The van der Waals surface area contributed by atoms with Crippen LogP contribution in [0.5, 0.6) is 11.5 Å². The third-order valence-corrected chi connectivity index (χ3v) is 6.70. The van der Waals surface area contributed by atoms with Gasteiger partial charge < -0.3 is 18.9 Å². The maximum Gasteiger partial charge on any atom is 0.333 e. The lowest BCUT2D eigenvalue weighted by molar-refractivity contribution is -0.139. The predicted molar refractivity (Wildman–Crippen MR) is 142 cm³/mol. The molecule has 5 nitrogen and oxygen atoms in total. The Morgan fingerprint density at radius 2 is 1.41 bits per heavy atom. The third-order valence-electron chi connectivity index (χ3n) is 6.70. The molecule has 2 aliphatic rings. The molecule has 2 unspecified atom stereocenters. The zero-order chi connectivity index (χ0) is 26.2. The van der Waals surface area contributed by atoms with Gasteiger partial charge in [0.1, 0.15) is 23.7 Å². The quantitative estimate of drug-likeness (QED) is 0.162. The Morgan fingerprint density at radius 1 is 0.784 bits per heavy atom. The van der Waals surface area contributed by atoms with E-state index in [4.69, 9.17) is 18.9 Å². The summed E-state index contributed by atoms with van der Waals surface area (Å²) >= 11 is 0. The third kappa shape index (κ3) is 7.48. The van der Waals surface area contributed by atoms with Crippen LogP contribution >= 0.6 is 0 Å². The predicted octanol–water partition coefficient (Wildman–Crippen LogP) is 7.32. The van der Waals surface area contributed by atoms with Crippen LogP contribution < -0.4 is 9.47 Å². The highest BCUT2D eigenvalue weighted by Gasteiger charge is 2.26. The van der Waals surface area contributed by atoms with Crippen LogP contribution in [0, 0.1) is 5.82 Å². The van der Waals surface area contributed by atoms with Gasteiger partial charge in [-0.2, -0.15) is 0 Å². The average molecular weight is 507 g/mol. The number of esters is 1. The van der Waals surface area contributed by atoms with E-state index in [-0.39, 0.29) is 29.7 Å². The number of hydrogen-bond donors (Lipinski definition) is 0. The van der Waals surface area contributed by atoms with Gasteiger partial charge in [-0.25, -0.2) is 9.18 Å². The van der Waals surface area contributed by atoms with E-state index in [1.165, 1.54) is 6.07 Å². The minimum absolute atomic E-state index is 0.0457. The molecular weight excluding hydrogens is 471 g/mol. The lowest BCUT2D eigenvalue weighted by Gasteiger charge is -2.12. The van der Waals surface area contributed by atoms with Crippen molar-refractivity contribution in [1.82, 2.24) is 0 Å². The van der Waals surface area contributed by atoms with E-state index in [0.717, 1.165) is 67.4 Å². The second kappa shape index (κ2) is 12.6. The Morgan fingerprint density at radius 3 is 2.00 bits per heavy atom. The molecule has 0 radical (unpaired) electrons. The molecule has 0 N–H and O–H groups in total. The number of allylic oxidation sites excluding steroid dienone is 1. The molecule has 2 heterocycles. The van der Waals surface area contributed by atoms with Crippen LogP contribution in [0.15, 0.2) is 79.1 Å². The number of carbonyl (C=O) groups is 1. The minimum atomic E-state index is -0.374. The first-order valence-electron chi connectivity index (χ1n) is 13.0. The van der Waals surface area contributed by atoms with Crippen molar-refractivity contribution in [2.24, 2.45) is 0 Å². The van der Waals surface area contributed by atoms with Crippen molar-refractivity contribution in [3.63, 3.8) is 0 Å². The summed E-state index contributed by atoms with van der Waals surface area (Å²) in [6.07, 6.45) is 6.84. The molecule has 0 bridgehead atoms. The van der Waals surface area contributed by atoms with E-state index in [2.05, 4.69) is 19.7 Å². The van der Waals surface area contributed by atoms with Crippen LogP contribution in [0.3, 0.4) is 0 Å². The van der Waals surface area contributed by atoms with Gasteiger partial charge in [-0.15, -0.1) is 0 Å². The van der Waals surface area contributed by atoms with Gasteiger partial charge in [-0.1, -0.05) is 37.9 Å². The summed E-state index contributed by atoms with van der Waals surface area (Å²) in [4.78, 5) is 11.4. The molecule has 6 heteroatoms. The van der Waals surface area contributed by atoms with E-state index >= 15 is 0 Å². The zero-order valence-corrected chi connectivity index (χ0v) is 21.3. The van der Waals surface area contributed by atoms with Gasteiger partial charge in [-0.05, 0) is 79.5 Å². The number of carbonyl (C=O) groups excluding carboxylic acids is 1. The van der Waals surface area contributed by atoms with Gasteiger partial charge in [0.2, 0.25) is 0 Å². The van der Waals surface area contributed by atoms with Gasteiger partial charge in [0, 0.05) is 18.4 Å². The second-order valence-electron chi connectivity index (χ2n) is 9.66. The molecule has 0 spiro atoms. The van der Waals surface area contributed by atoms with E-state index in [0.29, 0.717) is 31.0 Å². The molecule has 2 aromatic carbocycles. The highest BCUT2D eigenvalue weighted by molar-refractivity contribution is 5.89. The van der Waals surface area contributed by atoms with Crippen LogP contribution in [0.2, 0.25) is 0 Å². The first-order valence-corrected chi connectivity index (χ1v) is 13.0. The SMILES string of the molecule is C=C1CC(CCCCOc2ccc(-c3ccc(OCCCCC4CC(=C)C(=O)O4)cc3)cc2F)OC1=C. The molecule has 0 aromatic heterocycles. The molecule has 0 aliphatic carbocycles. The number of halogens is 1. The Hall–Kier alpha value is -3.54. The molecule has 2 aliphatic heterocycles. The van der Waals surface area contributed by atoms with E-state index in [1.807, 2.05) is 30.3 Å². The molecule has 0 amide bonds. The topological polar surface area (TPSA) is 54.0 Å². The average Bonchev–Trinajstić information content (AvgIpc) is 3.38. The Kier molecular flexibility index (Phi) is 9.04. The van der Waals surface area contributed by atoms with Crippen molar-refractivity contribution in [3.05, 3.63) is 84.9 Å². The van der Waals surface area contributed by atoms with Crippen LogP contribution in [-0.2, 0) is 14.3 Å². The number of hydrogen-bond acceptors (Lipinski definition) is 5. The van der Waals surface area contributed by atoms with Crippen molar-refractivity contribution in [2.75, 3.05) is 13.2 Å². The fraction of sp³-hybridized carbons (Fsp3) is 0.387. The molecule has 196 valence electrons. The largest absolute Gasteiger partial charge is 0.494 e. The lowest BCUT2D eigenvalue weighted by Crippen LogP contribution is -2.07. The number of benzene rings is 2. The highest BCUT2D eigenvalue weighted by Crippen LogP contribution is 2.30. The zero-order valence-electron chi connectivity index (χ0n) is 21.3. The second-order valence-corrected chi connectivity index (χ2v) is 9.66. The number of ether oxygens (including phenoxy) is 4. The van der Waals surface area contributed by atoms with Crippen LogP contribution in [0.1, 0.15) is 51.4 Å². The van der Waals surface area contributed by atoms with Gasteiger partial charge in [0.25, 0.3) is 0 Å². The summed E-state index contributed by atoms with van der Waals surface area (Å²) < 4.78 is 37.0. The first kappa shape index (κ1) is 26.5. The first-order chi connectivity index (χ1) is 17.9. The molecule has 37 heavy (non-hydrogen) atoms. The highest BCUT2D eigenvalue weighted by atomic mass is 19.1. The van der Waals surface area contributed by atoms with Gasteiger partial charge in [0.05, 0.1) is 13.2 Å². The molecule has 2 atom stereocenters. The molecular formula is C31H35FO5. The monoisotopic (exact) mass is 506 g/mol. The van der Waals surface area contributed by atoms with Crippen molar-refractivity contribution in [3.8, 4) is 22.6 Å². The van der Waals surface area contributed by atoms with Crippen LogP contribution in [-0.4, -0.2) is 31.4 Å². The van der Waals surface area contributed by atoms with Crippen molar-refractivity contribution in [2.45, 2.75) is 63.6 Å². The van der Waals surface area contributed by atoms with Gasteiger partial charge in [0.15, 0.2) is 11.6 Å². The summed E-state index contributed by atoms with van der Waals surface area (Å²) in [5.74, 6) is 1.07. The molecule has 0 saturated carbocycles. The summed E-state index contributed by atoms with van der Waals surface area (Å²) in [6, 6.07) is 12.7.